The summed E-state index contributed by atoms with van der Waals surface area (Å²) in [6.07, 6.45) is 4.12. The van der Waals surface area contributed by atoms with E-state index in [0.717, 1.165) is 35.8 Å². The van der Waals surface area contributed by atoms with Crippen LogP contribution in [0.15, 0.2) is 22.7 Å². The molecule has 2 amide bonds. The SMILES string of the molecule is CCC1CCCCN1C(=O)CC(=O)Nc1ccc(C)cc1Br. The van der Waals surface area contributed by atoms with Crippen molar-refractivity contribution in [2.45, 2.75) is 52.0 Å². The molecule has 5 heteroatoms. The van der Waals surface area contributed by atoms with Crippen LogP contribution in [0, 0.1) is 6.92 Å². The van der Waals surface area contributed by atoms with Crippen molar-refractivity contribution >= 4 is 33.4 Å². The van der Waals surface area contributed by atoms with Crippen LogP contribution in [0.2, 0.25) is 0 Å². The minimum Gasteiger partial charge on any atom is -0.339 e. The summed E-state index contributed by atoms with van der Waals surface area (Å²) in [5.41, 5.74) is 1.81. The Morgan fingerprint density at radius 3 is 2.82 bits per heavy atom. The Balaban J connectivity index is 1.94. The number of benzene rings is 1. The predicted octanol–water partition coefficient (Wildman–Crippen LogP) is 3.88. The van der Waals surface area contributed by atoms with Gasteiger partial charge in [0.2, 0.25) is 11.8 Å². The molecule has 2 rings (SSSR count). The summed E-state index contributed by atoms with van der Waals surface area (Å²) in [7, 11) is 0. The van der Waals surface area contributed by atoms with Crippen LogP contribution in [0.5, 0.6) is 0 Å². The van der Waals surface area contributed by atoms with Gasteiger partial charge in [-0.05, 0) is 66.2 Å². The zero-order chi connectivity index (χ0) is 16.1. The van der Waals surface area contributed by atoms with Crippen LogP contribution < -0.4 is 5.32 Å². The number of aryl methyl sites for hydroxylation is 1. The van der Waals surface area contributed by atoms with Gasteiger partial charge in [-0.15, -0.1) is 0 Å². The van der Waals surface area contributed by atoms with Crippen molar-refractivity contribution in [1.82, 2.24) is 4.90 Å². The second-order valence-corrected chi connectivity index (χ2v) is 6.71. The Hall–Kier alpha value is -1.36. The fourth-order valence-electron chi connectivity index (χ4n) is 2.91. The van der Waals surface area contributed by atoms with Crippen molar-refractivity contribution < 1.29 is 9.59 Å². The summed E-state index contributed by atoms with van der Waals surface area (Å²) in [6.45, 7) is 4.86. The Kier molecular flexibility index (Phi) is 6.00. The summed E-state index contributed by atoms with van der Waals surface area (Å²) in [5.74, 6) is -0.317. The molecule has 1 saturated heterocycles. The van der Waals surface area contributed by atoms with Crippen molar-refractivity contribution in [2.24, 2.45) is 0 Å². The van der Waals surface area contributed by atoms with Crippen molar-refractivity contribution in [1.29, 1.82) is 0 Å². The van der Waals surface area contributed by atoms with Crippen molar-refractivity contribution in [3.63, 3.8) is 0 Å². The van der Waals surface area contributed by atoms with Gasteiger partial charge in [-0.1, -0.05) is 13.0 Å². The molecular weight excluding hydrogens is 344 g/mol. The Labute approximate surface area is 140 Å². The number of nitrogens with one attached hydrogen (secondary N) is 1. The molecule has 1 unspecified atom stereocenters. The minimum absolute atomic E-state index is 0.0627. The molecule has 120 valence electrons. The third-order valence-electron chi connectivity index (χ3n) is 4.13. The van der Waals surface area contributed by atoms with Gasteiger partial charge in [0, 0.05) is 17.1 Å². The fraction of sp³-hybridized carbons (Fsp3) is 0.529. The molecule has 22 heavy (non-hydrogen) atoms. The molecule has 1 aliphatic heterocycles. The standard InChI is InChI=1S/C17H23BrN2O2/c1-3-13-6-4-5-9-20(13)17(22)11-16(21)19-15-8-7-12(2)10-14(15)18/h7-8,10,13H,3-6,9,11H2,1-2H3,(H,19,21). The van der Waals surface area contributed by atoms with Crippen LogP contribution in [0.1, 0.15) is 44.6 Å². The summed E-state index contributed by atoms with van der Waals surface area (Å²) < 4.78 is 0.831. The van der Waals surface area contributed by atoms with Gasteiger partial charge in [-0.25, -0.2) is 0 Å². The smallest absolute Gasteiger partial charge is 0.233 e. The van der Waals surface area contributed by atoms with Crippen molar-refractivity contribution in [3.05, 3.63) is 28.2 Å². The number of amides is 2. The molecule has 0 bridgehead atoms. The lowest BCUT2D eigenvalue weighted by atomic mass is 9.99. The van der Waals surface area contributed by atoms with E-state index in [-0.39, 0.29) is 18.2 Å². The molecule has 0 saturated carbocycles. The summed E-state index contributed by atoms with van der Waals surface area (Å²) >= 11 is 3.43. The highest BCUT2D eigenvalue weighted by Crippen LogP contribution is 2.24. The molecule has 1 fully saturated rings. The highest BCUT2D eigenvalue weighted by molar-refractivity contribution is 9.10. The quantitative estimate of drug-likeness (QED) is 0.822. The average Bonchev–Trinajstić information content (AvgIpc) is 2.50. The van der Waals surface area contributed by atoms with E-state index in [9.17, 15) is 9.59 Å². The first-order valence-corrected chi connectivity index (χ1v) is 8.66. The third kappa shape index (κ3) is 4.32. The number of likely N-dealkylation sites (tertiary alicyclic amines) is 1. The largest absolute Gasteiger partial charge is 0.339 e. The highest BCUT2D eigenvalue weighted by atomic mass is 79.9. The van der Waals surface area contributed by atoms with E-state index in [0.29, 0.717) is 11.7 Å². The molecule has 1 aromatic carbocycles. The Morgan fingerprint density at radius 1 is 1.36 bits per heavy atom. The van der Waals surface area contributed by atoms with Gasteiger partial charge in [0.25, 0.3) is 0 Å². The zero-order valence-corrected chi connectivity index (χ0v) is 14.8. The minimum atomic E-state index is -0.255. The van der Waals surface area contributed by atoms with Gasteiger partial charge >= 0.3 is 0 Å². The molecule has 0 aromatic heterocycles. The summed E-state index contributed by atoms with van der Waals surface area (Å²) in [6, 6.07) is 6.01. The molecule has 4 nitrogen and oxygen atoms in total. The maximum atomic E-state index is 12.4. The molecule has 0 aliphatic carbocycles. The van der Waals surface area contributed by atoms with E-state index >= 15 is 0 Å². The second-order valence-electron chi connectivity index (χ2n) is 5.85. The third-order valence-corrected chi connectivity index (χ3v) is 4.79. The maximum Gasteiger partial charge on any atom is 0.233 e. The number of rotatable bonds is 4. The molecule has 1 atom stereocenters. The van der Waals surface area contributed by atoms with Crippen LogP contribution >= 0.6 is 15.9 Å². The van der Waals surface area contributed by atoms with Gasteiger partial charge in [0.05, 0.1) is 5.69 Å². The fourth-order valence-corrected chi connectivity index (χ4v) is 3.50. The second kappa shape index (κ2) is 7.77. The first-order chi connectivity index (χ1) is 10.5. The monoisotopic (exact) mass is 366 g/mol. The van der Waals surface area contributed by atoms with E-state index in [1.807, 2.05) is 30.0 Å². The van der Waals surface area contributed by atoms with Crippen LogP contribution in [0.4, 0.5) is 5.69 Å². The van der Waals surface area contributed by atoms with Gasteiger partial charge in [0.15, 0.2) is 0 Å². The van der Waals surface area contributed by atoms with E-state index in [2.05, 4.69) is 28.2 Å². The van der Waals surface area contributed by atoms with Gasteiger partial charge < -0.3 is 10.2 Å². The highest BCUT2D eigenvalue weighted by Gasteiger charge is 2.26. The number of hydrogen-bond acceptors (Lipinski definition) is 2. The normalized spacial score (nSPS) is 18.1. The average molecular weight is 367 g/mol. The van der Waals surface area contributed by atoms with E-state index in [1.54, 1.807) is 0 Å². The maximum absolute atomic E-state index is 12.4. The zero-order valence-electron chi connectivity index (χ0n) is 13.2. The first kappa shape index (κ1) is 17.0. The van der Waals surface area contributed by atoms with Gasteiger partial charge in [-0.2, -0.15) is 0 Å². The molecule has 0 radical (unpaired) electrons. The van der Waals surface area contributed by atoms with Crippen LogP contribution in [0.3, 0.4) is 0 Å². The lowest BCUT2D eigenvalue weighted by molar-refractivity contribution is -0.137. The van der Waals surface area contributed by atoms with Crippen LogP contribution in [-0.4, -0.2) is 29.3 Å². The molecular formula is C17H23BrN2O2. The number of anilines is 1. The van der Waals surface area contributed by atoms with E-state index in [4.69, 9.17) is 0 Å². The number of carbonyl (C=O) groups is 2. The van der Waals surface area contributed by atoms with Crippen LogP contribution in [-0.2, 0) is 9.59 Å². The molecule has 1 aromatic rings. The molecule has 0 spiro atoms. The van der Waals surface area contributed by atoms with Crippen molar-refractivity contribution in [2.75, 3.05) is 11.9 Å². The number of piperidine rings is 1. The number of hydrogen-bond donors (Lipinski definition) is 1. The van der Waals surface area contributed by atoms with E-state index in [1.165, 1.54) is 6.42 Å². The summed E-state index contributed by atoms with van der Waals surface area (Å²) in [5, 5.41) is 2.81. The molecule has 1 aliphatic rings. The number of carbonyl (C=O) groups excluding carboxylic acids is 2. The lowest BCUT2D eigenvalue weighted by Gasteiger charge is -2.35. The van der Waals surface area contributed by atoms with Gasteiger partial charge in [-0.3, -0.25) is 9.59 Å². The number of nitrogens with zero attached hydrogens (tertiary/aromatic N) is 1. The first-order valence-electron chi connectivity index (χ1n) is 7.86. The van der Waals surface area contributed by atoms with E-state index < -0.39 is 0 Å². The molecule has 1 N–H and O–H groups in total. The summed E-state index contributed by atoms with van der Waals surface area (Å²) in [4.78, 5) is 26.4. The van der Waals surface area contributed by atoms with Crippen molar-refractivity contribution in [3.8, 4) is 0 Å². The van der Waals surface area contributed by atoms with Crippen LogP contribution in [0.25, 0.3) is 0 Å². The molecule has 1 heterocycles. The van der Waals surface area contributed by atoms with Gasteiger partial charge in [0.1, 0.15) is 6.42 Å². The Morgan fingerprint density at radius 2 is 2.14 bits per heavy atom. The lowest BCUT2D eigenvalue weighted by Crippen LogP contribution is -2.44. The predicted molar refractivity (Wildman–Crippen MR) is 91.8 cm³/mol. The number of halogens is 1. The topological polar surface area (TPSA) is 49.4 Å². The Bertz CT molecular complexity index is 560.